The molecule has 1 atom stereocenters. The van der Waals surface area contributed by atoms with Crippen LogP contribution in [0.15, 0.2) is 28.8 Å². The number of carbonyl (C=O) groups excluding carboxylic acids is 1. The second-order valence-electron chi connectivity index (χ2n) is 6.01. The summed E-state index contributed by atoms with van der Waals surface area (Å²) in [6.07, 6.45) is 1.55. The van der Waals surface area contributed by atoms with Gasteiger partial charge in [-0.15, -0.1) is 0 Å². The largest absolute Gasteiger partial charge is 0.496 e. The second kappa shape index (κ2) is 8.11. The van der Waals surface area contributed by atoms with E-state index in [0.717, 1.165) is 24.3 Å². The summed E-state index contributed by atoms with van der Waals surface area (Å²) in [5.41, 5.74) is 1.02. The van der Waals surface area contributed by atoms with Crippen LogP contribution in [-0.4, -0.2) is 47.7 Å². The zero-order chi connectivity index (χ0) is 17.6. The van der Waals surface area contributed by atoms with Crippen LogP contribution in [-0.2, 0) is 17.6 Å². The van der Waals surface area contributed by atoms with E-state index in [1.807, 2.05) is 36.1 Å². The summed E-state index contributed by atoms with van der Waals surface area (Å²) in [4.78, 5) is 19.0. The fourth-order valence-corrected chi connectivity index (χ4v) is 3.12. The summed E-state index contributed by atoms with van der Waals surface area (Å²) in [6, 6.07) is 7.82. The lowest BCUT2D eigenvalue weighted by atomic mass is 10.0. The van der Waals surface area contributed by atoms with E-state index in [2.05, 4.69) is 15.5 Å². The van der Waals surface area contributed by atoms with Crippen LogP contribution in [0.4, 0.5) is 0 Å². The number of hydrogen-bond acceptors (Lipinski definition) is 6. The number of aromatic nitrogens is 2. The molecule has 1 amide bonds. The minimum atomic E-state index is -0.0358. The molecule has 1 aromatic heterocycles. The van der Waals surface area contributed by atoms with Gasteiger partial charge in [0.1, 0.15) is 5.75 Å². The maximum atomic E-state index is 12.8. The normalized spacial score (nSPS) is 17.5. The molecule has 25 heavy (non-hydrogen) atoms. The van der Waals surface area contributed by atoms with E-state index in [9.17, 15) is 4.79 Å². The van der Waals surface area contributed by atoms with Gasteiger partial charge in [0.2, 0.25) is 11.8 Å². The van der Waals surface area contributed by atoms with Gasteiger partial charge >= 0.3 is 0 Å². The van der Waals surface area contributed by atoms with Gasteiger partial charge < -0.3 is 19.5 Å². The second-order valence-corrected chi connectivity index (χ2v) is 6.01. The van der Waals surface area contributed by atoms with Crippen molar-refractivity contribution in [3.63, 3.8) is 0 Å². The Hall–Kier alpha value is -2.41. The molecule has 0 bridgehead atoms. The van der Waals surface area contributed by atoms with E-state index >= 15 is 0 Å². The summed E-state index contributed by atoms with van der Waals surface area (Å²) in [5, 5.41) is 7.24. The molecule has 0 aliphatic carbocycles. The SMILES string of the molecule is CCc1noc(CCC(=O)N2CCNC[C@@H]2c2ccccc2OC)n1. The Morgan fingerprint density at radius 3 is 3.04 bits per heavy atom. The van der Waals surface area contributed by atoms with E-state index in [1.165, 1.54) is 0 Å². The van der Waals surface area contributed by atoms with Crippen LogP contribution in [0.25, 0.3) is 0 Å². The lowest BCUT2D eigenvalue weighted by Gasteiger charge is -2.37. The zero-order valence-electron chi connectivity index (χ0n) is 14.7. The maximum Gasteiger partial charge on any atom is 0.227 e. The molecule has 1 aliphatic heterocycles. The monoisotopic (exact) mass is 344 g/mol. The number of aryl methyl sites for hydroxylation is 2. The molecule has 1 aromatic carbocycles. The molecule has 0 unspecified atom stereocenters. The van der Waals surface area contributed by atoms with Crippen LogP contribution in [0.2, 0.25) is 0 Å². The Labute approximate surface area is 147 Å². The van der Waals surface area contributed by atoms with Gasteiger partial charge in [-0.05, 0) is 6.07 Å². The average molecular weight is 344 g/mol. The first-order valence-corrected chi connectivity index (χ1v) is 8.67. The molecule has 3 rings (SSSR count). The predicted molar refractivity (Wildman–Crippen MR) is 92.3 cm³/mol. The summed E-state index contributed by atoms with van der Waals surface area (Å²) in [5.74, 6) is 2.10. The highest BCUT2D eigenvalue weighted by Crippen LogP contribution is 2.30. The van der Waals surface area contributed by atoms with Crippen molar-refractivity contribution in [2.24, 2.45) is 0 Å². The van der Waals surface area contributed by atoms with Crippen molar-refractivity contribution >= 4 is 5.91 Å². The Morgan fingerprint density at radius 1 is 1.44 bits per heavy atom. The topological polar surface area (TPSA) is 80.5 Å². The highest BCUT2D eigenvalue weighted by Gasteiger charge is 2.29. The molecule has 134 valence electrons. The number of methoxy groups -OCH3 is 1. The van der Waals surface area contributed by atoms with Crippen LogP contribution < -0.4 is 10.1 Å². The third-order valence-electron chi connectivity index (χ3n) is 4.44. The van der Waals surface area contributed by atoms with Gasteiger partial charge in [0.15, 0.2) is 5.82 Å². The molecule has 7 nitrogen and oxygen atoms in total. The molecule has 2 aromatic rings. The lowest BCUT2D eigenvalue weighted by Crippen LogP contribution is -2.48. The predicted octanol–water partition coefficient (Wildman–Crippen LogP) is 1.75. The van der Waals surface area contributed by atoms with E-state index < -0.39 is 0 Å². The Balaban J connectivity index is 1.70. The first kappa shape index (κ1) is 17.4. The Morgan fingerprint density at radius 2 is 2.28 bits per heavy atom. The molecule has 0 radical (unpaired) electrons. The Bertz CT molecular complexity index is 716. The van der Waals surface area contributed by atoms with E-state index in [1.54, 1.807) is 7.11 Å². The molecular weight excluding hydrogens is 320 g/mol. The quantitative estimate of drug-likeness (QED) is 0.860. The molecule has 1 saturated heterocycles. The number of ether oxygens (including phenoxy) is 1. The van der Waals surface area contributed by atoms with Gasteiger partial charge in [-0.2, -0.15) is 4.98 Å². The van der Waals surface area contributed by atoms with Crippen LogP contribution in [0.1, 0.15) is 36.7 Å². The lowest BCUT2D eigenvalue weighted by molar-refractivity contribution is -0.134. The van der Waals surface area contributed by atoms with Gasteiger partial charge in [0.05, 0.1) is 13.2 Å². The van der Waals surface area contributed by atoms with Crippen molar-refractivity contribution in [3.05, 3.63) is 41.5 Å². The first-order chi connectivity index (χ1) is 12.2. The van der Waals surface area contributed by atoms with Crippen LogP contribution >= 0.6 is 0 Å². The van der Waals surface area contributed by atoms with Gasteiger partial charge in [0.25, 0.3) is 0 Å². The number of nitrogens with zero attached hydrogens (tertiary/aromatic N) is 3. The number of benzene rings is 1. The summed E-state index contributed by atoms with van der Waals surface area (Å²) < 4.78 is 10.6. The smallest absolute Gasteiger partial charge is 0.227 e. The fraction of sp³-hybridized carbons (Fsp3) is 0.500. The van der Waals surface area contributed by atoms with Gasteiger partial charge in [0, 0.05) is 44.5 Å². The van der Waals surface area contributed by atoms with E-state index in [-0.39, 0.29) is 11.9 Å². The van der Waals surface area contributed by atoms with Crippen molar-refractivity contribution < 1.29 is 14.1 Å². The number of hydrogen-bond donors (Lipinski definition) is 1. The molecule has 1 fully saturated rings. The molecular formula is C18H24N4O3. The summed E-state index contributed by atoms with van der Waals surface area (Å²) in [7, 11) is 1.65. The highest BCUT2D eigenvalue weighted by atomic mass is 16.5. The number of nitrogens with one attached hydrogen (secondary N) is 1. The van der Waals surface area contributed by atoms with Crippen molar-refractivity contribution in [1.82, 2.24) is 20.4 Å². The molecule has 0 spiro atoms. The number of para-hydroxylation sites is 1. The van der Waals surface area contributed by atoms with E-state index in [4.69, 9.17) is 9.26 Å². The maximum absolute atomic E-state index is 12.8. The summed E-state index contributed by atoms with van der Waals surface area (Å²) in [6.45, 7) is 4.15. The molecule has 0 saturated carbocycles. The zero-order valence-corrected chi connectivity index (χ0v) is 14.7. The number of carbonyl (C=O) groups is 1. The Kier molecular flexibility index (Phi) is 5.65. The first-order valence-electron chi connectivity index (χ1n) is 8.67. The minimum Gasteiger partial charge on any atom is -0.496 e. The number of rotatable bonds is 6. The van der Waals surface area contributed by atoms with Crippen LogP contribution in [0.5, 0.6) is 5.75 Å². The molecule has 7 heteroatoms. The molecule has 2 heterocycles. The van der Waals surface area contributed by atoms with Gasteiger partial charge in [-0.25, -0.2) is 0 Å². The van der Waals surface area contributed by atoms with Crippen molar-refractivity contribution in [3.8, 4) is 5.75 Å². The highest BCUT2D eigenvalue weighted by molar-refractivity contribution is 5.77. The third-order valence-corrected chi connectivity index (χ3v) is 4.44. The number of piperazine rings is 1. The average Bonchev–Trinajstić information content (AvgIpc) is 3.14. The standard InChI is InChI=1S/C18H24N4O3/c1-3-16-20-17(25-21-16)8-9-18(23)22-11-10-19-12-14(22)13-6-4-5-7-15(13)24-2/h4-7,14,19H,3,8-12H2,1-2H3/t14-/m1/s1. The van der Waals surface area contributed by atoms with Crippen LogP contribution in [0.3, 0.4) is 0 Å². The van der Waals surface area contributed by atoms with Crippen molar-refractivity contribution in [2.45, 2.75) is 32.2 Å². The molecule has 1 aliphatic rings. The molecule has 1 N–H and O–H groups in total. The number of amides is 1. The van der Waals surface area contributed by atoms with Gasteiger partial charge in [-0.1, -0.05) is 30.3 Å². The van der Waals surface area contributed by atoms with Gasteiger partial charge in [-0.3, -0.25) is 4.79 Å². The van der Waals surface area contributed by atoms with Crippen molar-refractivity contribution in [2.75, 3.05) is 26.7 Å². The van der Waals surface area contributed by atoms with Crippen molar-refractivity contribution in [1.29, 1.82) is 0 Å². The van der Waals surface area contributed by atoms with E-state index in [0.29, 0.717) is 37.6 Å². The van der Waals surface area contributed by atoms with Crippen LogP contribution in [0, 0.1) is 0 Å². The fourth-order valence-electron chi connectivity index (χ4n) is 3.12. The summed E-state index contributed by atoms with van der Waals surface area (Å²) >= 11 is 0. The third kappa shape index (κ3) is 3.99. The minimum absolute atomic E-state index is 0.0358.